The molecule has 0 bridgehead atoms. The SMILES string of the molecule is O=Cc1cc(C(O)C(O)C(=O)O)ccc1[N+](=O)[O-]. The fraction of sp³-hybridized carbons (Fsp3) is 0.200. The summed E-state index contributed by atoms with van der Waals surface area (Å²) in [7, 11) is 0. The summed E-state index contributed by atoms with van der Waals surface area (Å²) in [6, 6.07) is 2.99. The van der Waals surface area contributed by atoms with Crippen LogP contribution in [0.15, 0.2) is 18.2 Å². The number of aldehydes is 1. The van der Waals surface area contributed by atoms with Crippen molar-refractivity contribution in [1.82, 2.24) is 0 Å². The molecule has 0 amide bonds. The molecule has 2 unspecified atom stereocenters. The number of hydrogen-bond acceptors (Lipinski definition) is 6. The van der Waals surface area contributed by atoms with Crippen LogP contribution in [0.4, 0.5) is 5.69 Å². The number of hydrogen-bond donors (Lipinski definition) is 3. The highest BCUT2D eigenvalue weighted by atomic mass is 16.6. The maximum Gasteiger partial charge on any atom is 0.335 e. The molecule has 0 aliphatic rings. The summed E-state index contributed by atoms with van der Waals surface area (Å²) in [4.78, 5) is 30.9. The Labute approximate surface area is 100 Å². The molecular weight excluding hydrogens is 246 g/mol. The number of carboxylic acid groups (broad SMARTS) is 1. The van der Waals surface area contributed by atoms with Gasteiger partial charge in [-0.05, 0) is 17.7 Å². The van der Waals surface area contributed by atoms with Gasteiger partial charge in [0, 0.05) is 6.07 Å². The van der Waals surface area contributed by atoms with Gasteiger partial charge in [-0.3, -0.25) is 14.9 Å². The molecule has 18 heavy (non-hydrogen) atoms. The molecule has 8 heteroatoms. The van der Waals surface area contributed by atoms with Crippen molar-refractivity contribution in [2.45, 2.75) is 12.2 Å². The second-order valence-electron chi connectivity index (χ2n) is 3.42. The predicted molar refractivity (Wildman–Crippen MR) is 57.1 cm³/mol. The number of carbonyl (C=O) groups is 2. The van der Waals surface area contributed by atoms with E-state index in [0.717, 1.165) is 18.2 Å². The van der Waals surface area contributed by atoms with Crippen molar-refractivity contribution < 1.29 is 29.8 Å². The Morgan fingerprint density at radius 1 is 1.39 bits per heavy atom. The van der Waals surface area contributed by atoms with Gasteiger partial charge in [0.25, 0.3) is 5.69 Å². The number of carboxylic acids is 1. The van der Waals surface area contributed by atoms with Crippen LogP contribution in [0.3, 0.4) is 0 Å². The van der Waals surface area contributed by atoms with Gasteiger partial charge in [0.2, 0.25) is 0 Å². The monoisotopic (exact) mass is 255 g/mol. The van der Waals surface area contributed by atoms with E-state index in [9.17, 15) is 24.8 Å². The predicted octanol–water partition coefficient (Wildman–Crippen LogP) is -0.114. The average Bonchev–Trinajstić information content (AvgIpc) is 2.35. The third-order valence-electron chi connectivity index (χ3n) is 2.27. The van der Waals surface area contributed by atoms with Crippen LogP contribution < -0.4 is 0 Å². The molecule has 96 valence electrons. The van der Waals surface area contributed by atoms with Crippen LogP contribution in [-0.4, -0.2) is 38.6 Å². The molecule has 0 aliphatic heterocycles. The molecule has 0 saturated heterocycles. The molecule has 2 atom stereocenters. The van der Waals surface area contributed by atoms with Crippen LogP contribution in [-0.2, 0) is 4.79 Å². The van der Waals surface area contributed by atoms with Crippen molar-refractivity contribution in [3.63, 3.8) is 0 Å². The van der Waals surface area contributed by atoms with Crippen molar-refractivity contribution in [1.29, 1.82) is 0 Å². The second kappa shape index (κ2) is 5.34. The molecule has 0 heterocycles. The van der Waals surface area contributed by atoms with Crippen LogP contribution in [0.2, 0.25) is 0 Å². The first-order valence-electron chi connectivity index (χ1n) is 4.71. The average molecular weight is 255 g/mol. The van der Waals surface area contributed by atoms with Crippen LogP contribution >= 0.6 is 0 Å². The highest BCUT2D eigenvalue weighted by Crippen LogP contribution is 2.24. The number of nitro benzene ring substituents is 1. The highest BCUT2D eigenvalue weighted by Gasteiger charge is 2.26. The summed E-state index contributed by atoms with van der Waals surface area (Å²) in [6.07, 6.45) is -3.64. The Morgan fingerprint density at radius 2 is 2.00 bits per heavy atom. The maximum absolute atomic E-state index is 10.6. The number of benzene rings is 1. The minimum absolute atomic E-state index is 0.0994. The molecule has 1 aromatic carbocycles. The molecule has 1 rings (SSSR count). The fourth-order valence-electron chi connectivity index (χ4n) is 1.33. The molecule has 0 fully saturated rings. The van der Waals surface area contributed by atoms with Crippen LogP contribution in [0.5, 0.6) is 0 Å². The van der Waals surface area contributed by atoms with Gasteiger partial charge < -0.3 is 15.3 Å². The number of aliphatic hydroxyl groups excluding tert-OH is 2. The van der Waals surface area contributed by atoms with Crippen molar-refractivity contribution in [3.8, 4) is 0 Å². The number of carbonyl (C=O) groups excluding carboxylic acids is 1. The topological polar surface area (TPSA) is 138 Å². The lowest BCUT2D eigenvalue weighted by Crippen LogP contribution is -2.27. The van der Waals surface area contributed by atoms with E-state index in [4.69, 9.17) is 10.2 Å². The smallest absolute Gasteiger partial charge is 0.335 e. The minimum atomic E-state index is -2.08. The highest BCUT2D eigenvalue weighted by molar-refractivity contribution is 5.82. The van der Waals surface area contributed by atoms with Gasteiger partial charge in [-0.15, -0.1) is 0 Å². The largest absolute Gasteiger partial charge is 0.479 e. The Morgan fingerprint density at radius 3 is 2.44 bits per heavy atom. The van der Waals surface area contributed by atoms with E-state index in [2.05, 4.69) is 0 Å². The van der Waals surface area contributed by atoms with E-state index in [1.165, 1.54) is 0 Å². The van der Waals surface area contributed by atoms with E-state index in [-0.39, 0.29) is 17.4 Å². The van der Waals surface area contributed by atoms with Gasteiger partial charge in [-0.2, -0.15) is 0 Å². The maximum atomic E-state index is 10.6. The first kappa shape index (κ1) is 13.7. The number of aliphatic hydroxyl groups is 2. The molecular formula is C10H9NO7. The molecule has 0 spiro atoms. The first-order chi connectivity index (χ1) is 8.38. The van der Waals surface area contributed by atoms with Gasteiger partial charge in [0.1, 0.15) is 6.10 Å². The van der Waals surface area contributed by atoms with Gasteiger partial charge in [0.05, 0.1) is 10.5 Å². The molecule has 0 saturated carbocycles. The summed E-state index contributed by atoms with van der Waals surface area (Å²) < 4.78 is 0. The molecule has 0 aliphatic carbocycles. The van der Waals surface area contributed by atoms with Gasteiger partial charge >= 0.3 is 5.97 Å². The zero-order valence-corrected chi connectivity index (χ0v) is 8.89. The number of aliphatic carboxylic acids is 1. The van der Waals surface area contributed by atoms with Crippen molar-refractivity contribution in [3.05, 3.63) is 39.4 Å². The fourth-order valence-corrected chi connectivity index (χ4v) is 1.33. The molecule has 0 aromatic heterocycles. The lowest BCUT2D eigenvalue weighted by atomic mass is 10.0. The third-order valence-corrected chi connectivity index (χ3v) is 2.27. The van der Waals surface area contributed by atoms with Gasteiger partial charge in [0.15, 0.2) is 12.4 Å². The number of nitro groups is 1. The third kappa shape index (κ3) is 2.67. The number of nitrogens with zero attached hydrogens (tertiary/aromatic N) is 1. The quantitative estimate of drug-likeness (QED) is 0.379. The summed E-state index contributed by atoms with van der Waals surface area (Å²) in [5.74, 6) is -1.64. The first-order valence-corrected chi connectivity index (χ1v) is 4.71. The Hall–Kier alpha value is -2.32. The van der Waals surface area contributed by atoms with Crippen molar-refractivity contribution >= 4 is 17.9 Å². The zero-order valence-electron chi connectivity index (χ0n) is 8.89. The van der Waals surface area contributed by atoms with E-state index < -0.39 is 28.8 Å². The summed E-state index contributed by atoms with van der Waals surface area (Å²) in [5.41, 5.74) is -0.877. The minimum Gasteiger partial charge on any atom is -0.479 e. The van der Waals surface area contributed by atoms with Crippen LogP contribution in [0.1, 0.15) is 22.0 Å². The zero-order chi connectivity index (χ0) is 13.9. The lowest BCUT2D eigenvalue weighted by Gasteiger charge is -2.14. The number of rotatable bonds is 5. The van der Waals surface area contributed by atoms with Gasteiger partial charge in [-0.25, -0.2) is 4.79 Å². The Bertz CT molecular complexity index is 499. The molecule has 8 nitrogen and oxygen atoms in total. The van der Waals surface area contributed by atoms with Crippen LogP contribution in [0, 0.1) is 10.1 Å². The molecule has 0 radical (unpaired) electrons. The normalized spacial score (nSPS) is 13.7. The van der Waals surface area contributed by atoms with E-state index in [1.54, 1.807) is 0 Å². The van der Waals surface area contributed by atoms with E-state index >= 15 is 0 Å². The summed E-state index contributed by atoms with van der Waals surface area (Å²) >= 11 is 0. The van der Waals surface area contributed by atoms with Crippen LogP contribution in [0.25, 0.3) is 0 Å². The van der Waals surface area contributed by atoms with Crippen molar-refractivity contribution in [2.75, 3.05) is 0 Å². The summed E-state index contributed by atoms with van der Waals surface area (Å²) in [6.45, 7) is 0. The Balaban J connectivity index is 3.17. The standard InChI is InChI=1S/C10H9NO7/c12-4-6-3-5(1-2-7(6)11(17)18)8(13)9(14)10(15)16/h1-4,8-9,13-14H,(H,15,16). The lowest BCUT2D eigenvalue weighted by molar-refractivity contribution is -0.385. The summed E-state index contributed by atoms with van der Waals surface area (Å²) in [5, 5.41) is 37.7. The van der Waals surface area contributed by atoms with E-state index in [1.807, 2.05) is 0 Å². The van der Waals surface area contributed by atoms with Crippen molar-refractivity contribution in [2.24, 2.45) is 0 Å². The molecule has 1 aromatic rings. The van der Waals surface area contributed by atoms with Gasteiger partial charge in [-0.1, -0.05) is 0 Å². The van der Waals surface area contributed by atoms with E-state index in [0.29, 0.717) is 0 Å². The Kier molecular flexibility index (Phi) is 4.08. The molecule has 3 N–H and O–H groups in total. The second-order valence-corrected chi connectivity index (χ2v) is 3.42.